The molecule has 6 heteroatoms. The van der Waals surface area contributed by atoms with Crippen molar-refractivity contribution < 1.29 is 24.6 Å². The van der Waals surface area contributed by atoms with E-state index in [1.165, 1.54) is 24.3 Å². The molecule has 0 radical (unpaired) electrons. The van der Waals surface area contributed by atoms with Gasteiger partial charge in [-0.05, 0) is 48.4 Å². The summed E-state index contributed by atoms with van der Waals surface area (Å²) in [4.78, 5) is 36.2. The maximum Gasteiger partial charge on any atom is 0.335 e. The molecule has 2 N–H and O–H groups in total. The molecule has 0 saturated carbocycles. The van der Waals surface area contributed by atoms with Crippen molar-refractivity contribution in [3.63, 3.8) is 0 Å². The van der Waals surface area contributed by atoms with Gasteiger partial charge >= 0.3 is 11.9 Å². The first kappa shape index (κ1) is 19.2. The van der Waals surface area contributed by atoms with Crippen LogP contribution in [0, 0.1) is 0 Å². The molecule has 0 spiro atoms. The zero-order chi connectivity index (χ0) is 19.1. The van der Waals surface area contributed by atoms with Gasteiger partial charge < -0.3 is 15.1 Å². The van der Waals surface area contributed by atoms with Crippen LogP contribution in [-0.4, -0.2) is 28.1 Å². The van der Waals surface area contributed by atoms with Gasteiger partial charge in [0, 0.05) is 12.1 Å². The second-order valence-corrected chi connectivity index (χ2v) is 5.94. The van der Waals surface area contributed by atoms with Gasteiger partial charge in [0.15, 0.2) is 0 Å². The molecule has 2 aromatic rings. The predicted octanol–water partition coefficient (Wildman–Crippen LogP) is 3.81. The highest BCUT2D eigenvalue weighted by Crippen LogP contribution is 2.20. The maximum absolute atomic E-state index is 12.6. The van der Waals surface area contributed by atoms with Crippen LogP contribution in [0.2, 0.25) is 0 Å². The molecule has 26 heavy (non-hydrogen) atoms. The average Bonchev–Trinajstić information content (AvgIpc) is 2.64. The lowest BCUT2D eigenvalue weighted by Crippen LogP contribution is -2.30. The van der Waals surface area contributed by atoms with Crippen molar-refractivity contribution >= 4 is 23.5 Å². The summed E-state index contributed by atoms with van der Waals surface area (Å²) in [5.74, 6) is -2.08. The second kappa shape index (κ2) is 8.80. The van der Waals surface area contributed by atoms with Crippen LogP contribution in [-0.2, 0) is 11.3 Å². The molecule has 0 saturated heterocycles. The van der Waals surface area contributed by atoms with Gasteiger partial charge in [-0.25, -0.2) is 9.59 Å². The summed E-state index contributed by atoms with van der Waals surface area (Å²) < 4.78 is 0. The topological polar surface area (TPSA) is 94.9 Å². The zero-order valence-electron chi connectivity index (χ0n) is 14.5. The monoisotopic (exact) mass is 355 g/mol. The van der Waals surface area contributed by atoms with E-state index in [9.17, 15) is 14.4 Å². The molecule has 0 aliphatic rings. The van der Waals surface area contributed by atoms with Crippen LogP contribution in [0.1, 0.15) is 52.5 Å². The van der Waals surface area contributed by atoms with Crippen molar-refractivity contribution in [2.45, 2.75) is 32.7 Å². The summed E-state index contributed by atoms with van der Waals surface area (Å²) in [5.41, 5.74) is 1.74. The molecule has 2 rings (SSSR count). The molecule has 0 fully saturated rings. The van der Waals surface area contributed by atoms with E-state index >= 15 is 0 Å². The Morgan fingerprint density at radius 3 is 1.81 bits per heavy atom. The molecule has 0 unspecified atom stereocenters. The van der Waals surface area contributed by atoms with Crippen molar-refractivity contribution in [2.24, 2.45) is 0 Å². The van der Waals surface area contributed by atoms with Crippen LogP contribution >= 0.6 is 0 Å². The van der Waals surface area contributed by atoms with Crippen LogP contribution in [0.5, 0.6) is 0 Å². The Labute approximate surface area is 151 Å². The SMILES string of the molecule is CCCCC(=O)N(Cc1ccc(C(=O)O)cc1)c1ccc(C(=O)O)cc1. The summed E-state index contributed by atoms with van der Waals surface area (Å²) in [6.07, 6.45) is 2.05. The molecule has 136 valence electrons. The molecule has 1 amide bonds. The zero-order valence-corrected chi connectivity index (χ0v) is 14.5. The lowest BCUT2D eigenvalue weighted by Gasteiger charge is -2.23. The number of carbonyl (C=O) groups excluding carboxylic acids is 1. The summed E-state index contributed by atoms with van der Waals surface area (Å²) in [7, 11) is 0. The number of carboxylic acids is 2. The fourth-order valence-electron chi connectivity index (χ4n) is 2.51. The summed E-state index contributed by atoms with van der Waals surface area (Å²) in [6, 6.07) is 12.5. The van der Waals surface area contributed by atoms with E-state index in [2.05, 4.69) is 0 Å². The first-order chi connectivity index (χ1) is 12.4. The summed E-state index contributed by atoms with van der Waals surface area (Å²) in [6.45, 7) is 2.29. The quantitative estimate of drug-likeness (QED) is 0.751. The second-order valence-electron chi connectivity index (χ2n) is 5.94. The van der Waals surface area contributed by atoms with Gasteiger partial charge in [-0.2, -0.15) is 0 Å². The Balaban J connectivity index is 2.26. The number of hydrogen-bond acceptors (Lipinski definition) is 3. The normalized spacial score (nSPS) is 10.3. The Kier molecular flexibility index (Phi) is 6.49. The number of unbranched alkanes of at least 4 members (excludes halogenated alkanes) is 1. The van der Waals surface area contributed by atoms with E-state index in [1.807, 2.05) is 6.92 Å². The highest BCUT2D eigenvalue weighted by atomic mass is 16.4. The van der Waals surface area contributed by atoms with Gasteiger partial charge in [-0.3, -0.25) is 4.79 Å². The lowest BCUT2D eigenvalue weighted by molar-refractivity contribution is -0.118. The van der Waals surface area contributed by atoms with E-state index in [-0.39, 0.29) is 23.6 Å². The minimum absolute atomic E-state index is 0.0581. The van der Waals surface area contributed by atoms with Crippen molar-refractivity contribution in [3.8, 4) is 0 Å². The van der Waals surface area contributed by atoms with E-state index < -0.39 is 11.9 Å². The Morgan fingerprint density at radius 2 is 1.35 bits per heavy atom. The number of anilines is 1. The smallest absolute Gasteiger partial charge is 0.335 e. The number of rotatable bonds is 8. The highest BCUT2D eigenvalue weighted by molar-refractivity contribution is 5.94. The predicted molar refractivity (Wildman–Crippen MR) is 97.5 cm³/mol. The molecule has 0 aromatic heterocycles. The fraction of sp³-hybridized carbons (Fsp3) is 0.250. The van der Waals surface area contributed by atoms with Gasteiger partial charge in [0.05, 0.1) is 17.7 Å². The lowest BCUT2D eigenvalue weighted by atomic mass is 10.1. The van der Waals surface area contributed by atoms with Crippen LogP contribution in [0.3, 0.4) is 0 Å². The molecule has 0 atom stereocenters. The van der Waals surface area contributed by atoms with Crippen molar-refractivity contribution in [1.82, 2.24) is 0 Å². The van der Waals surface area contributed by atoms with Crippen molar-refractivity contribution in [2.75, 3.05) is 4.90 Å². The fourth-order valence-corrected chi connectivity index (χ4v) is 2.51. The van der Waals surface area contributed by atoms with Gasteiger partial charge in [0.25, 0.3) is 0 Å². The van der Waals surface area contributed by atoms with E-state index in [0.29, 0.717) is 12.1 Å². The Bertz CT molecular complexity index is 781. The van der Waals surface area contributed by atoms with E-state index in [1.54, 1.807) is 29.2 Å². The van der Waals surface area contributed by atoms with E-state index in [4.69, 9.17) is 10.2 Å². The number of carboxylic acid groups (broad SMARTS) is 2. The van der Waals surface area contributed by atoms with Gasteiger partial charge in [0.1, 0.15) is 0 Å². The van der Waals surface area contributed by atoms with Crippen LogP contribution in [0.25, 0.3) is 0 Å². The molecule has 0 aliphatic carbocycles. The number of hydrogen-bond donors (Lipinski definition) is 2. The number of benzene rings is 2. The summed E-state index contributed by atoms with van der Waals surface area (Å²) in [5, 5.41) is 18.0. The Morgan fingerprint density at radius 1 is 0.846 bits per heavy atom. The average molecular weight is 355 g/mol. The van der Waals surface area contributed by atoms with Crippen molar-refractivity contribution in [1.29, 1.82) is 0 Å². The first-order valence-corrected chi connectivity index (χ1v) is 8.38. The number of aromatic carboxylic acids is 2. The third-order valence-electron chi connectivity index (χ3n) is 4.01. The van der Waals surface area contributed by atoms with Gasteiger partial charge in [-0.1, -0.05) is 25.5 Å². The molecular formula is C20H21NO5. The third kappa shape index (κ3) is 4.92. The molecule has 6 nitrogen and oxygen atoms in total. The standard InChI is InChI=1S/C20H21NO5/c1-2-3-4-18(22)21(17-11-9-16(10-12-17)20(25)26)13-14-5-7-15(8-6-14)19(23)24/h5-12H,2-4,13H2,1H3,(H,23,24)(H,25,26). The van der Waals surface area contributed by atoms with Crippen LogP contribution in [0.4, 0.5) is 5.69 Å². The first-order valence-electron chi connectivity index (χ1n) is 8.38. The summed E-state index contributed by atoms with van der Waals surface area (Å²) >= 11 is 0. The van der Waals surface area contributed by atoms with Crippen LogP contribution in [0.15, 0.2) is 48.5 Å². The molecular weight excluding hydrogens is 334 g/mol. The number of amides is 1. The van der Waals surface area contributed by atoms with Crippen LogP contribution < -0.4 is 4.90 Å². The van der Waals surface area contributed by atoms with Crippen molar-refractivity contribution in [3.05, 3.63) is 65.2 Å². The molecule has 0 aliphatic heterocycles. The molecule has 0 heterocycles. The van der Waals surface area contributed by atoms with E-state index in [0.717, 1.165) is 18.4 Å². The number of carbonyl (C=O) groups is 3. The third-order valence-corrected chi connectivity index (χ3v) is 4.01. The maximum atomic E-state index is 12.6. The van der Waals surface area contributed by atoms with Gasteiger partial charge in [0.2, 0.25) is 5.91 Å². The minimum atomic E-state index is -1.02. The number of nitrogens with zero attached hydrogens (tertiary/aromatic N) is 1. The van der Waals surface area contributed by atoms with Gasteiger partial charge in [-0.15, -0.1) is 0 Å². The minimum Gasteiger partial charge on any atom is -0.478 e. The molecule has 2 aromatic carbocycles. The Hall–Kier alpha value is -3.15. The largest absolute Gasteiger partial charge is 0.478 e. The molecule has 0 bridgehead atoms. The highest BCUT2D eigenvalue weighted by Gasteiger charge is 2.17.